The lowest BCUT2D eigenvalue weighted by Crippen LogP contribution is -2.46. The van der Waals surface area contributed by atoms with E-state index in [9.17, 15) is 4.79 Å². The fourth-order valence-corrected chi connectivity index (χ4v) is 2.60. The molecule has 1 aliphatic carbocycles. The van der Waals surface area contributed by atoms with Crippen molar-refractivity contribution in [3.63, 3.8) is 0 Å². The summed E-state index contributed by atoms with van der Waals surface area (Å²) in [6.07, 6.45) is 3.47. The highest BCUT2D eigenvalue weighted by Crippen LogP contribution is 2.39. The molecule has 2 rings (SSSR count). The van der Waals surface area contributed by atoms with Crippen molar-refractivity contribution < 1.29 is 4.79 Å². The van der Waals surface area contributed by atoms with Crippen LogP contribution in [0.3, 0.4) is 0 Å². The zero-order valence-electron chi connectivity index (χ0n) is 9.71. The van der Waals surface area contributed by atoms with E-state index in [1.807, 2.05) is 24.3 Å². The number of nitrogens with two attached hydrogens (primary N) is 1. The Morgan fingerprint density at radius 3 is 2.65 bits per heavy atom. The molecule has 3 N–H and O–H groups in total. The lowest BCUT2D eigenvalue weighted by molar-refractivity contribution is 0.0875. The first kappa shape index (κ1) is 12.6. The highest BCUT2D eigenvalue weighted by atomic mass is 79.9. The van der Waals surface area contributed by atoms with Crippen LogP contribution < -0.4 is 11.1 Å². The molecule has 17 heavy (non-hydrogen) atoms. The number of carbonyl (C=O) groups is 1. The van der Waals surface area contributed by atoms with Crippen LogP contribution in [0, 0.1) is 5.41 Å². The van der Waals surface area contributed by atoms with E-state index in [0.29, 0.717) is 18.7 Å². The first-order chi connectivity index (χ1) is 8.17. The zero-order valence-corrected chi connectivity index (χ0v) is 11.3. The van der Waals surface area contributed by atoms with E-state index in [-0.39, 0.29) is 11.3 Å². The molecule has 4 heteroatoms. The predicted molar refractivity (Wildman–Crippen MR) is 71.8 cm³/mol. The molecule has 0 atom stereocenters. The minimum atomic E-state index is -0.0304. The van der Waals surface area contributed by atoms with E-state index in [0.717, 1.165) is 17.3 Å². The Bertz CT molecular complexity index is 410. The summed E-state index contributed by atoms with van der Waals surface area (Å²) in [6.45, 7) is 1.34. The van der Waals surface area contributed by atoms with E-state index >= 15 is 0 Å². The fourth-order valence-electron chi connectivity index (χ4n) is 2.14. The molecule has 0 aliphatic heterocycles. The molecule has 92 valence electrons. The van der Waals surface area contributed by atoms with Gasteiger partial charge in [0, 0.05) is 11.0 Å². The van der Waals surface area contributed by atoms with E-state index in [1.54, 1.807) is 0 Å². The van der Waals surface area contributed by atoms with Crippen molar-refractivity contribution in [3.8, 4) is 0 Å². The topological polar surface area (TPSA) is 55.1 Å². The van der Waals surface area contributed by atoms with Gasteiger partial charge in [0.25, 0.3) is 5.91 Å². The van der Waals surface area contributed by atoms with Gasteiger partial charge in [-0.3, -0.25) is 4.79 Å². The van der Waals surface area contributed by atoms with E-state index < -0.39 is 0 Å². The minimum Gasteiger partial charge on any atom is -0.351 e. The SMILES string of the molecule is NCC1(CNC(=O)c2ccccc2Br)CCC1. The van der Waals surface area contributed by atoms with Crippen LogP contribution in [0.2, 0.25) is 0 Å². The minimum absolute atomic E-state index is 0.0304. The average Bonchev–Trinajstić information content (AvgIpc) is 2.28. The van der Waals surface area contributed by atoms with E-state index in [1.165, 1.54) is 6.42 Å². The molecule has 1 aromatic carbocycles. The maximum absolute atomic E-state index is 12.0. The number of hydrogen-bond acceptors (Lipinski definition) is 2. The molecule has 1 aliphatic rings. The van der Waals surface area contributed by atoms with Gasteiger partial charge in [0.2, 0.25) is 0 Å². The van der Waals surface area contributed by atoms with Gasteiger partial charge in [0.15, 0.2) is 0 Å². The summed E-state index contributed by atoms with van der Waals surface area (Å²) in [4.78, 5) is 12.0. The number of carbonyl (C=O) groups excluding carboxylic acids is 1. The number of benzene rings is 1. The van der Waals surface area contributed by atoms with Gasteiger partial charge in [-0.15, -0.1) is 0 Å². The molecule has 0 bridgehead atoms. The van der Waals surface area contributed by atoms with Crippen molar-refractivity contribution in [1.29, 1.82) is 0 Å². The van der Waals surface area contributed by atoms with Gasteiger partial charge in [-0.25, -0.2) is 0 Å². The standard InChI is InChI=1S/C13H17BrN2O/c14-11-5-2-1-4-10(11)12(17)16-9-13(8-15)6-3-7-13/h1-2,4-5H,3,6-9,15H2,(H,16,17). The third kappa shape index (κ3) is 2.69. The maximum Gasteiger partial charge on any atom is 0.252 e. The molecule has 0 unspecified atom stereocenters. The van der Waals surface area contributed by atoms with Crippen LogP contribution in [0.1, 0.15) is 29.6 Å². The third-order valence-electron chi connectivity index (χ3n) is 3.59. The van der Waals surface area contributed by atoms with Crippen molar-refractivity contribution in [2.75, 3.05) is 13.1 Å². The molecular formula is C13H17BrN2O. The monoisotopic (exact) mass is 296 g/mol. The van der Waals surface area contributed by atoms with Crippen LogP contribution in [0.25, 0.3) is 0 Å². The Morgan fingerprint density at radius 1 is 1.41 bits per heavy atom. The number of hydrogen-bond donors (Lipinski definition) is 2. The summed E-state index contributed by atoms with van der Waals surface area (Å²) in [7, 11) is 0. The van der Waals surface area contributed by atoms with E-state index in [4.69, 9.17) is 5.73 Å². The van der Waals surface area contributed by atoms with Crippen LogP contribution >= 0.6 is 15.9 Å². The fraction of sp³-hybridized carbons (Fsp3) is 0.462. The van der Waals surface area contributed by atoms with Gasteiger partial charge in [0.1, 0.15) is 0 Å². The first-order valence-electron chi connectivity index (χ1n) is 5.90. The number of rotatable bonds is 4. The number of amides is 1. The van der Waals surface area contributed by atoms with Crippen molar-refractivity contribution in [1.82, 2.24) is 5.32 Å². The average molecular weight is 297 g/mol. The molecule has 3 nitrogen and oxygen atoms in total. The van der Waals surface area contributed by atoms with Gasteiger partial charge in [-0.05, 0) is 52.9 Å². The third-order valence-corrected chi connectivity index (χ3v) is 4.28. The van der Waals surface area contributed by atoms with Crippen molar-refractivity contribution >= 4 is 21.8 Å². The lowest BCUT2D eigenvalue weighted by Gasteiger charge is -2.41. The highest BCUT2D eigenvalue weighted by Gasteiger charge is 2.35. The van der Waals surface area contributed by atoms with Crippen molar-refractivity contribution in [2.24, 2.45) is 11.1 Å². The highest BCUT2D eigenvalue weighted by molar-refractivity contribution is 9.10. The largest absolute Gasteiger partial charge is 0.351 e. The molecular weight excluding hydrogens is 280 g/mol. The van der Waals surface area contributed by atoms with Crippen molar-refractivity contribution in [2.45, 2.75) is 19.3 Å². The van der Waals surface area contributed by atoms with Crippen LogP contribution in [-0.4, -0.2) is 19.0 Å². The van der Waals surface area contributed by atoms with Crippen molar-refractivity contribution in [3.05, 3.63) is 34.3 Å². The molecule has 1 amide bonds. The Kier molecular flexibility index (Phi) is 3.84. The van der Waals surface area contributed by atoms with Gasteiger partial charge < -0.3 is 11.1 Å². The van der Waals surface area contributed by atoms with Gasteiger partial charge in [0.05, 0.1) is 5.56 Å². The second-order valence-electron chi connectivity index (χ2n) is 4.72. The summed E-state index contributed by atoms with van der Waals surface area (Å²) in [5.41, 5.74) is 6.59. The lowest BCUT2D eigenvalue weighted by atomic mass is 9.69. The Hall–Kier alpha value is -0.870. The maximum atomic E-state index is 12.0. The molecule has 1 saturated carbocycles. The molecule has 1 aromatic rings. The summed E-state index contributed by atoms with van der Waals surface area (Å²) in [5.74, 6) is -0.0304. The quantitative estimate of drug-likeness (QED) is 0.896. The number of halogens is 1. The Morgan fingerprint density at radius 2 is 2.12 bits per heavy atom. The normalized spacial score (nSPS) is 17.3. The molecule has 0 spiro atoms. The first-order valence-corrected chi connectivity index (χ1v) is 6.69. The smallest absolute Gasteiger partial charge is 0.252 e. The van der Waals surface area contributed by atoms with Gasteiger partial charge in [-0.2, -0.15) is 0 Å². The van der Waals surface area contributed by atoms with Crippen LogP contribution in [0.4, 0.5) is 0 Å². The molecule has 0 radical (unpaired) electrons. The molecule has 1 fully saturated rings. The summed E-state index contributed by atoms with van der Waals surface area (Å²) in [5, 5.41) is 2.98. The van der Waals surface area contributed by atoms with E-state index in [2.05, 4.69) is 21.2 Å². The van der Waals surface area contributed by atoms with Gasteiger partial charge >= 0.3 is 0 Å². The molecule has 0 heterocycles. The van der Waals surface area contributed by atoms with Crippen LogP contribution in [0.15, 0.2) is 28.7 Å². The van der Waals surface area contributed by atoms with Crippen LogP contribution in [0.5, 0.6) is 0 Å². The number of nitrogens with one attached hydrogen (secondary N) is 1. The summed E-state index contributed by atoms with van der Waals surface area (Å²) < 4.78 is 0.827. The summed E-state index contributed by atoms with van der Waals surface area (Å²) >= 11 is 3.38. The Labute approximate surface area is 110 Å². The summed E-state index contributed by atoms with van der Waals surface area (Å²) in [6, 6.07) is 7.45. The van der Waals surface area contributed by atoms with Gasteiger partial charge in [-0.1, -0.05) is 18.6 Å². The second kappa shape index (κ2) is 5.19. The Balaban J connectivity index is 1.96. The zero-order chi connectivity index (χ0) is 12.3. The molecule has 0 saturated heterocycles. The van der Waals surface area contributed by atoms with Crippen LogP contribution in [-0.2, 0) is 0 Å². The molecule has 0 aromatic heterocycles. The predicted octanol–water partition coefficient (Wildman–Crippen LogP) is 2.31. The second-order valence-corrected chi connectivity index (χ2v) is 5.57.